The van der Waals surface area contributed by atoms with Crippen molar-refractivity contribution in [2.75, 3.05) is 6.54 Å². The molecule has 20 heavy (non-hydrogen) atoms. The lowest BCUT2D eigenvalue weighted by Crippen LogP contribution is -2.40. The SMILES string of the molecule is CCCCCCCNC(=O)C(CC(C)(C)C)C(C)(C)C. The Morgan fingerprint density at radius 1 is 0.950 bits per heavy atom. The molecule has 0 radical (unpaired) electrons. The number of hydrogen-bond acceptors (Lipinski definition) is 1. The number of unbranched alkanes of at least 4 members (excludes halogenated alkanes) is 4. The van der Waals surface area contributed by atoms with Gasteiger partial charge >= 0.3 is 0 Å². The molecule has 0 aliphatic rings. The van der Waals surface area contributed by atoms with Gasteiger partial charge in [0.1, 0.15) is 0 Å². The van der Waals surface area contributed by atoms with E-state index in [4.69, 9.17) is 0 Å². The molecule has 1 atom stereocenters. The van der Waals surface area contributed by atoms with Gasteiger partial charge in [-0.25, -0.2) is 0 Å². The van der Waals surface area contributed by atoms with Crippen molar-refractivity contribution in [3.8, 4) is 0 Å². The highest BCUT2D eigenvalue weighted by Crippen LogP contribution is 2.36. The van der Waals surface area contributed by atoms with Crippen LogP contribution in [-0.2, 0) is 4.79 Å². The van der Waals surface area contributed by atoms with Crippen molar-refractivity contribution >= 4 is 5.91 Å². The molecule has 2 nitrogen and oxygen atoms in total. The molecule has 0 aliphatic carbocycles. The Kier molecular flexibility index (Phi) is 8.46. The molecule has 0 rings (SSSR count). The summed E-state index contributed by atoms with van der Waals surface area (Å²) in [5.41, 5.74) is 0.218. The molecule has 1 amide bonds. The second-order valence-corrected chi connectivity index (χ2v) is 8.39. The number of nitrogens with one attached hydrogen (secondary N) is 1. The van der Waals surface area contributed by atoms with E-state index in [2.05, 4.69) is 53.8 Å². The topological polar surface area (TPSA) is 29.1 Å². The average molecular weight is 284 g/mol. The molecule has 0 saturated heterocycles. The van der Waals surface area contributed by atoms with Crippen LogP contribution >= 0.6 is 0 Å². The van der Waals surface area contributed by atoms with Crippen LogP contribution in [0, 0.1) is 16.7 Å². The van der Waals surface area contributed by atoms with E-state index in [-0.39, 0.29) is 22.7 Å². The molecule has 2 heteroatoms. The summed E-state index contributed by atoms with van der Waals surface area (Å²) in [7, 11) is 0. The summed E-state index contributed by atoms with van der Waals surface area (Å²) in [5, 5.41) is 3.15. The zero-order chi connectivity index (χ0) is 15.8. The van der Waals surface area contributed by atoms with Crippen molar-refractivity contribution in [1.29, 1.82) is 0 Å². The van der Waals surface area contributed by atoms with Gasteiger partial charge in [0.15, 0.2) is 0 Å². The lowest BCUT2D eigenvalue weighted by atomic mass is 9.71. The van der Waals surface area contributed by atoms with E-state index in [1.165, 1.54) is 25.7 Å². The van der Waals surface area contributed by atoms with E-state index >= 15 is 0 Å². The fourth-order valence-electron chi connectivity index (χ4n) is 2.47. The normalized spacial score (nSPS) is 14.2. The molecule has 120 valence electrons. The first-order chi connectivity index (χ1) is 9.08. The predicted molar refractivity (Wildman–Crippen MR) is 88.8 cm³/mol. The lowest BCUT2D eigenvalue weighted by molar-refractivity contribution is -0.129. The summed E-state index contributed by atoms with van der Waals surface area (Å²) in [5.74, 6) is 0.334. The van der Waals surface area contributed by atoms with Gasteiger partial charge in [0.25, 0.3) is 0 Å². The first-order valence-electron chi connectivity index (χ1n) is 8.35. The maximum Gasteiger partial charge on any atom is 0.223 e. The Labute approximate surface area is 127 Å². The predicted octanol–water partition coefficient (Wildman–Crippen LogP) is 5.17. The maximum absolute atomic E-state index is 12.4. The van der Waals surface area contributed by atoms with Crippen molar-refractivity contribution in [3.63, 3.8) is 0 Å². The van der Waals surface area contributed by atoms with Crippen LogP contribution in [0.2, 0.25) is 0 Å². The zero-order valence-corrected chi connectivity index (χ0v) is 14.9. The van der Waals surface area contributed by atoms with Gasteiger partial charge in [-0.3, -0.25) is 4.79 Å². The molecular weight excluding hydrogens is 246 g/mol. The fraction of sp³-hybridized carbons (Fsp3) is 0.944. The summed E-state index contributed by atoms with van der Waals surface area (Å²) in [6, 6.07) is 0. The number of carbonyl (C=O) groups excluding carboxylic acids is 1. The minimum Gasteiger partial charge on any atom is -0.356 e. The average Bonchev–Trinajstić information content (AvgIpc) is 2.28. The molecule has 0 spiro atoms. The highest BCUT2D eigenvalue weighted by molar-refractivity contribution is 5.79. The molecule has 0 fully saturated rings. The third kappa shape index (κ3) is 9.39. The van der Waals surface area contributed by atoms with Crippen molar-refractivity contribution in [2.45, 2.75) is 87.0 Å². The Morgan fingerprint density at radius 2 is 1.50 bits per heavy atom. The quantitative estimate of drug-likeness (QED) is 0.612. The van der Waals surface area contributed by atoms with Crippen LogP contribution in [0.25, 0.3) is 0 Å². The number of rotatable bonds is 8. The summed E-state index contributed by atoms with van der Waals surface area (Å²) >= 11 is 0. The fourth-order valence-corrected chi connectivity index (χ4v) is 2.47. The van der Waals surface area contributed by atoms with Crippen molar-refractivity contribution in [2.24, 2.45) is 16.7 Å². The third-order valence-corrected chi connectivity index (χ3v) is 3.76. The first kappa shape index (κ1) is 19.5. The largest absolute Gasteiger partial charge is 0.356 e. The molecule has 0 aromatic heterocycles. The highest BCUT2D eigenvalue weighted by Gasteiger charge is 2.34. The van der Waals surface area contributed by atoms with Gasteiger partial charge in [-0.2, -0.15) is 0 Å². The molecule has 1 unspecified atom stereocenters. The van der Waals surface area contributed by atoms with Crippen LogP contribution in [0.5, 0.6) is 0 Å². The summed E-state index contributed by atoms with van der Waals surface area (Å²) < 4.78 is 0. The van der Waals surface area contributed by atoms with E-state index in [9.17, 15) is 4.79 Å². The van der Waals surface area contributed by atoms with Gasteiger partial charge in [0.2, 0.25) is 5.91 Å². The van der Waals surface area contributed by atoms with E-state index < -0.39 is 0 Å². The number of amides is 1. The maximum atomic E-state index is 12.4. The van der Waals surface area contributed by atoms with E-state index in [0.717, 1.165) is 19.4 Å². The van der Waals surface area contributed by atoms with Crippen LogP contribution in [0.1, 0.15) is 87.0 Å². The molecule has 0 aromatic rings. The number of carbonyl (C=O) groups is 1. The molecule has 0 aromatic carbocycles. The Hall–Kier alpha value is -0.530. The van der Waals surface area contributed by atoms with Gasteiger partial charge < -0.3 is 5.32 Å². The second-order valence-electron chi connectivity index (χ2n) is 8.39. The molecule has 0 aliphatic heterocycles. The number of hydrogen-bond donors (Lipinski definition) is 1. The van der Waals surface area contributed by atoms with Crippen LogP contribution in [0.15, 0.2) is 0 Å². The summed E-state index contributed by atoms with van der Waals surface area (Å²) in [4.78, 5) is 12.4. The minimum atomic E-state index is 0.0274. The monoisotopic (exact) mass is 283 g/mol. The van der Waals surface area contributed by atoms with Crippen molar-refractivity contribution < 1.29 is 4.79 Å². The van der Waals surface area contributed by atoms with Crippen molar-refractivity contribution in [3.05, 3.63) is 0 Å². The molecular formula is C18H37NO. The van der Waals surface area contributed by atoms with Gasteiger partial charge in [-0.05, 0) is 23.7 Å². The molecule has 0 saturated carbocycles. The van der Waals surface area contributed by atoms with E-state index in [0.29, 0.717) is 0 Å². The summed E-state index contributed by atoms with van der Waals surface area (Å²) in [6.45, 7) is 16.2. The first-order valence-corrected chi connectivity index (χ1v) is 8.35. The standard InChI is InChI=1S/C18H37NO/c1-8-9-10-11-12-13-19-16(20)15(18(5,6)7)14-17(2,3)4/h15H,8-14H2,1-7H3,(H,19,20). The molecule has 0 heterocycles. The second kappa shape index (κ2) is 8.69. The molecule has 0 bridgehead atoms. The van der Waals surface area contributed by atoms with E-state index in [1.807, 2.05) is 0 Å². The minimum absolute atomic E-state index is 0.0274. The van der Waals surface area contributed by atoms with Gasteiger partial charge in [0.05, 0.1) is 0 Å². The lowest BCUT2D eigenvalue weighted by Gasteiger charge is -2.34. The van der Waals surface area contributed by atoms with Crippen molar-refractivity contribution in [1.82, 2.24) is 5.32 Å². The molecule has 1 N–H and O–H groups in total. The summed E-state index contributed by atoms with van der Waals surface area (Å²) in [6.07, 6.45) is 7.15. The Morgan fingerprint density at radius 3 is 1.95 bits per heavy atom. The van der Waals surface area contributed by atoms with Gasteiger partial charge in [0, 0.05) is 12.5 Å². The van der Waals surface area contributed by atoms with Crippen LogP contribution < -0.4 is 5.32 Å². The smallest absolute Gasteiger partial charge is 0.223 e. The Balaban J connectivity index is 4.23. The zero-order valence-electron chi connectivity index (χ0n) is 14.9. The van der Waals surface area contributed by atoms with Gasteiger partial charge in [-0.15, -0.1) is 0 Å². The van der Waals surface area contributed by atoms with E-state index in [1.54, 1.807) is 0 Å². The van der Waals surface area contributed by atoms with Crippen LogP contribution in [0.3, 0.4) is 0 Å². The third-order valence-electron chi connectivity index (χ3n) is 3.76. The van der Waals surface area contributed by atoms with Gasteiger partial charge in [-0.1, -0.05) is 74.1 Å². The highest BCUT2D eigenvalue weighted by atomic mass is 16.1. The van der Waals surface area contributed by atoms with Crippen LogP contribution in [0.4, 0.5) is 0 Å². The van der Waals surface area contributed by atoms with Crippen LogP contribution in [-0.4, -0.2) is 12.5 Å². The Bertz CT molecular complexity index is 270.